The minimum Gasteiger partial charge on any atom is -0.372 e. The Hall–Kier alpha value is -1.02. The van der Waals surface area contributed by atoms with Crippen LogP contribution < -0.4 is 10.2 Å². The molecule has 0 saturated carbocycles. The van der Waals surface area contributed by atoms with Crippen molar-refractivity contribution in [2.45, 2.75) is 13.0 Å². The van der Waals surface area contributed by atoms with Crippen LogP contribution >= 0.6 is 0 Å². The highest BCUT2D eigenvalue weighted by molar-refractivity contribution is 5.60. The van der Waals surface area contributed by atoms with Gasteiger partial charge in [0, 0.05) is 19.3 Å². The van der Waals surface area contributed by atoms with Gasteiger partial charge in [-0.3, -0.25) is 0 Å². The van der Waals surface area contributed by atoms with Gasteiger partial charge in [-0.05, 0) is 25.6 Å². The highest BCUT2D eigenvalue weighted by atomic mass is 15.2. The first-order chi connectivity index (χ1) is 6.22. The van der Waals surface area contributed by atoms with E-state index in [1.165, 1.54) is 16.8 Å². The van der Waals surface area contributed by atoms with E-state index in [0.717, 1.165) is 6.54 Å². The van der Waals surface area contributed by atoms with Crippen LogP contribution in [0.25, 0.3) is 0 Å². The summed E-state index contributed by atoms with van der Waals surface area (Å²) >= 11 is 0. The Morgan fingerprint density at radius 2 is 2.23 bits per heavy atom. The van der Waals surface area contributed by atoms with E-state index in [9.17, 15) is 0 Å². The summed E-state index contributed by atoms with van der Waals surface area (Å²) in [5.41, 5.74) is 4.14. The largest absolute Gasteiger partial charge is 0.372 e. The van der Waals surface area contributed by atoms with E-state index < -0.39 is 0 Å². The van der Waals surface area contributed by atoms with Crippen molar-refractivity contribution in [1.29, 1.82) is 0 Å². The topological polar surface area (TPSA) is 15.3 Å². The number of anilines is 1. The predicted molar refractivity (Wildman–Crippen MR) is 56.2 cm³/mol. The summed E-state index contributed by atoms with van der Waals surface area (Å²) in [6.45, 7) is 3.22. The fourth-order valence-electron chi connectivity index (χ4n) is 2.02. The van der Waals surface area contributed by atoms with Crippen molar-refractivity contribution >= 4 is 5.69 Å². The molecule has 0 fully saturated rings. The summed E-state index contributed by atoms with van der Waals surface area (Å²) in [4.78, 5) is 2.30. The fourth-order valence-corrected chi connectivity index (χ4v) is 2.02. The molecule has 1 aliphatic rings. The number of benzene rings is 1. The second-order valence-electron chi connectivity index (χ2n) is 3.78. The van der Waals surface area contributed by atoms with Gasteiger partial charge in [-0.2, -0.15) is 0 Å². The number of nitrogens with zero attached hydrogens (tertiary/aromatic N) is 1. The molecule has 1 aromatic carbocycles. The van der Waals surface area contributed by atoms with E-state index in [0.29, 0.717) is 6.04 Å². The molecule has 0 spiro atoms. The lowest BCUT2D eigenvalue weighted by molar-refractivity contribution is 0.625. The first-order valence-corrected chi connectivity index (χ1v) is 4.71. The number of likely N-dealkylation sites (N-methyl/N-ethyl adjacent to an activating group) is 2. The van der Waals surface area contributed by atoms with Gasteiger partial charge in [0.15, 0.2) is 0 Å². The Labute approximate surface area is 79.6 Å². The second kappa shape index (κ2) is 3.04. The smallest absolute Gasteiger partial charge is 0.0516 e. The van der Waals surface area contributed by atoms with Gasteiger partial charge in [0.2, 0.25) is 0 Å². The average molecular weight is 176 g/mol. The summed E-state index contributed by atoms with van der Waals surface area (Å²) < 4.78 is 0. The Bertz CT molecular complexity index is 320. The van der Waals surface area contributed by atoms with Gasteiger partial charge in [-0.1, -0.05) is 17.7 Å². The molecule has 1 N–H and O–H groups in total. The van der Waals surface area contributed by atoms with Crippen LogP contribution in [0.4, 0.5) is 5.69 Å². The molecule has 1 unspecified atom stereocenters. The molecule has 0 saturated heterocycles. The Morgan fingerprint density at radius 3 is 2.92 bits per heavy atom. The van der Waals surface area contributed by atoms with Crippen molar-refractivity contribution in [2.24, 2.45) is 0 Å². The zero-order valence-electron chi connectivity index (χ0n) is 8.46. The normalized spacial score (nSPS) is 20.5. The maximum absolute atomic E-state index is 3.34. The molecule has 1 aliphatic heterocycles. The van der Waals surface area contributed by atoms with Gasteiger partial charge in [0.1, 0.15) is 0 Å². The van der Waals surface area contributed by atoms with Crippen molar-refractivity contribution in [3.63, 3.8) is 0 Å². The number of rotatable bonds is 1. The highest BCUT2D eigenvalue weighted by Gasteiger charge is 2.24. The van der Waals surface area contributed by atoms with Crippen LogP contribution in [0, 0.1) is 6.92 Å². The molecule has 2 rings (SSSR count). The van der Waals surface area contributed by atoms with Gasteiger partial charge in [-0.25, -0.2) is 0 Å². The summed E-state index contributed by atoms with van der Waals surface area (Å²) in [6, 6.07) is 7.16. The van der Waals surface area contributed by atoms with E-state index in [2.05, 4.69) is 42.4 Å². The average Bonchev–Trinajstić information content (AvgIpc) is 2.42. The maximum Gasteiger partial charge on any atom is 0.0516 e. The zero-order valence-corrected chi connectivity index (χ0v) is 8.46. The monoisotopic (exact) mass is 176 g/mol. The van der Waals surface area contributed by atoms with Gasteiger partial charge in [0.25, 0.3) is 0 Å². The van der Waals surface area contributed by atoms with Crippen LogP contribution in [0.5, 0.6) is 0 Å². The van der Waals surface area contributed by atoms with Crippen molar-refractivity contribution in [3.05, 3.63) is 29.3 Å². The molecule has 0 amide bonds. The Balaban J connectivity index is 2.46. The predicted octanol–water partition coefficient (Wildman–Crippen LogP) is 1.71. The molecule has 2 nitrogen and oxygen atoms in total. The van der Waals surface area contributed by atoms with E-state index in [-0.39, 0.29) is 0 Å². The third-order valence-electron chi connectivity index (χ3n) is 2.77. The second-order valence-corrected chi connectivity index (χ2v) is 3.78. The molecule has 1 aromatic rings. The molecular formula is C11H16N2. The van der Waals surface area contributed by atoms with Crippen LogP contribution in [0.2, 0.25) is 0 Å². The summed E-state index contributed by atoms with van der Waals surface area (Å²) in [7, 11) is 4.17. The quantitative estimate of drug-likeness (QED) is 0.700. The van der Waals surface area contributed by atoms with Crippen LogP contribution in [-0.2, 0) is 0 Å². The first kappa shape index (κ1) is 8.57. The maximum atomic E-state index is 3.34. The first-order valence-electron chi connectivity index (χ1n) is 4.71. The van der Waals surface area contributed by atoms with Crippen LogP contribution in [-0.4, -0.2) is 20.6 Å². The molecule has 70 valence electrons. The van der Waals surface area contributed by atoms with Crippen molar-refractivity contribution in [1.82, 2.24) is 5.32 Å². The molecule has 1 atom stereocenters. The minimum absolute atomic E-state index is 0.500. The SMILES string of the molecule is CNC1CN(C)c2ccc(C)cc21. The van der Waals surface area contributed by atoms with Gasteiger partial charge in [0.05, 0.1) is 6.04 Å². The van der Waals surface area contributed by atoms with Gasteiger partial charge >= 0.3 is 0 Å². The Morgan fingerprint density at radius 1 is 1.46 bits per heavy atom. The highest BCUT2D eigenvalue weighted by Crippen LogP contribution is 2.33. The van der Waals surface area contributed by atoms with Crippen molar-refractivity contribution in [3.8, 4) is 0 Å². The number of nitrogens with one attached hydrogen (secondary N) is 1. The summed E-state index contributed by atoms with van der Waals surface area (Å²) in [5, 5.41) is 3.34. The standard InChI is InChI=1S/C11H16N2/c1-8-4-5-11-9(6-8)10(12-2)7-13(11)3/h4-6,10,12H,7H2,1-3H3. The molecule has 0 aliphatic carbocycles. The van der Waals surface area contributed by atoms with Crippen LogP contribution in [0.1, 0.15) is 17.2 Å². The third-order valence-corrected chi connectivity index (χ3v) is 2.77. The number of hydrogen-bond acceptors (Lipinski definition) is 2. The van der Waals surface area contributed by atoms with Gasteiger partial charge in [-0.15, -0.1) is 0 Å². The number of hydrogen-bond donors (Lipinski definition) is 1. The fraction of sp³-hybridized carbons (Fsp3) is 0.455. The van der Waals surface area contributed by atoms with Crippen LogP contribution in [0.15, 0.2) is 18.2 Å². The number of aryl methyl sites for hydroxylation is 1. The van der Waals surface area contributed by atoms with Crippen molar-refractivity contribution < 1.29 is 0 Å². The van der Waals surface area contributed by atoms with Crippen LogP contribution in [0.3, 0.4) is 0 Å². The molecule has 1 heterocycles. The number of fused-ring (bicyclic) bond motifs is 1. The van der Waals surface area contributed by atoms with E-state index in [1.807, 2.05) is 7.05 Å². The van der Waals surface area contributed by atoms with Gasteiger partial charge < -0.3 is 10.2 Å². The molecule has 13 heavy (non-hydrogen) atoms. The summed E-state index contributed by atoms with van der Waals surface area (Å²) in [6.07, 6.45) is 0. The zero-order chi connectivity index (χ0) is 9.42. The lowest BCUT2D eigenvalue weighted by Gasteiger charge is -2.11. The lowest BCUT2D eigenvalue weighted by atomic mass is 10.1. The molecular weight excluding hydrogens is 160 g/mol. The molecule has 0 radical (unpaired) electrons. The third kappa shape index (κ3) is 1.31. The molecule has 2 heteroatoms. The molecule has 0 bridgehead atoms. The van der Waals surface area contributed by atoms with E-state index in [4.69, 9.17) is 0 Å². The summed E-state index contributed by atoms with van der Waals surface area (Å²) in [5.74, 6) is 0. The lowest BCUT2D eigenvalue weighted by Crippen LogP contribution is -2.22. The molecule has 0 aromatic heterocycles. The minimum atomic E-state index is 0.500. The van der Waals surface area contributed by atoms with E-state index >= 15 is 0 Å². The Kier molecular flexibility index (Phi) is 2.00. The van der Waals surface area contributed by atoms with E-state index in [1.54, 1.807) is 0 Å². The van der Waals surface area contributed by atoms with Crippen molar-refractivity contribution in [2.75, 3.05) is 25.5 Å².